The lowest BCUT2D eigenvalue weighted by Crippen LogP contribution is -2.34. The highest BCUT2D eigenvalue weighted by Gasteiger charge is 2.30. The highest BCUT2D eigenvalue weighted by Crippen LogP contribution is 2.30. The number of rotatable bonds is 9. The number of halogens is 2. The predicted molar refractivity (Wildman–Crippen MR) is 122 cm³/mol. The topological polar surface area (TPSA) is 79.7 Å². The highest BCUT2D eigenvalue weighted by molar-refractivity contribution is 6.32. The van der Waals surface area contributed by atoms with Gasteiger partial charge in [-0.25, -0.2) is 9.48 Å². The zero-order valence-electron chi connectivity index (χ0n) is 17.6. The van der Waals surface area contributed by atoms with E-state index in [0.29, 0.717) is 28.5 Å². The van der Waals surface area contributed by atoms with Gasteiger partial charge in [-0.1, -0.05) is 54.7 Å². The molecule has 1 atom stereocenters. The molecule has 0 aliphatic rings. The molecule has 3 aromatic rings. The molecule has 0 saturated heterocycles. The maximum absolute atomic E-state index is 13.3. The summed E-state index contributed by atoms with van der Waals surface area (Å²) in [5.41, 5.74) is -0.325. The van der Waals surface area contributed by atoms with Crippen LogP contribution in [0, 0.1) is 0 Å². The Kier molecular flexibility index (Phi) is 8.14. The molecular formula is C23H22Cl2N2O5. The van der Waals surface area contributed by atoms with E-state index in [1.54, 1.807) is 55.6 Å². The summed E-state index contributed by atoms with van der Waals surface area (Å²) in [6.45, 7) is 2.20. The Morgan fingerprint density at radius 2 is 1.75 bits per heavy atom. The summed E-state index contributed by atoms with van der Waals surface area (Å²) in [5.74, 6) is 0.163. The van der Waals surface area contributed by atoms with E-state index in [-0.39, 0.29) is 17.4 Å². The normalized spacial score (nSPS) is 11.6. The van der Waals surface area contributed by atoms with E-state index >= 15 is 0 Å². The van der Waals surface area contributed by atoms with Crippen LogP contribution in [0.1, 0.15) is 31.4 Å². The zero-order valence-corrected chi connectivity index (χ0v) is 19.1. The first-order valence-electron chi connectivity index (χ1n) is 9.96. The van der Waals surface area contributed by atoms with E-state index in [0.717, 1.165) is 11.1 Å². The van der Waals surface area contributed by atoms with Crippen molar-refractivity contribution >= 4 is 29.2 Å². The minimum atomic E-state index is -1.21. The summed E-state index contributed by atoms with van der Waals surface area (Å²) in [6, 6.07) is 12.1. The van der Waals surface area contributed by atoms with Crippen LogP contribution in [-0.2, 0) is 9.53 Å². The Bertz CT molecular complexity index is 1130. The second-order valence-electron chi connectivity index (χ2n) is 6.79. The molecule has 0 fully saturated rings. The molecule has 0 spiro atoms. The van der Waals surface area contributed by atoms with Crippen LogP contribution in [0.3, 0.4) is 0 Å². The lowest BCUT2D eigenvalue weighted by Gasteiger charge is -2.20. The van der Waals surface area contributed by atoms with Crippen molar-refractivity contribution in [2.24, 2.45) is 0 Å². The average molecular weight is 477 g/mol. The number of esters is 1. The van der Waals surface area contributed by atoms with Crippen molar-refractivity contribution in [1.29, 1.82) is 0 Å². The van der Waals surface area contributed by atoms with Crippen LogP contribution in [0.5, 0.6) is 17.2 Å². The van der Waals surface area contributed by atoms with E-state index in [4.69, 9.17) is 37.4 Å². The summed E-state index contributed by atoms with van der Waals surface area (Å²) in [7, 11) is 1.54. The fourth-order valence-electron chi connectivity index (χ4n) is 2.92. The van der Waals surface area contributed by atoms with Crippen LogP contribution in [-0.4, -0.2) is 29.5 Å². The predicted octanol–water partition coefficient (Wildman–Crippen LogP) is 5.28. The molecule has 1 aromatic heterocycles. The van der Waals surface area contributed by atoms with Crippen LogP contribution >= 0.6 is 23.2 Å². The molecule has 0 aliphatic heterocycles. The van der Waals surface area contributed by atoms with Gasteiger partial charge in [-0.3, -0.25) is 4.79 Å². The van der Waals surface area contributed by atoms with Crippen molar-refractivity contribution in [3.8, 4) is 17.2 Å². The van der Waals surface area contributed by atoms with Gasteiger partial charge in [0.15, 0.2) is 6.04 Å². The van der Waals surface area contributed by atoms with E-state index in [2.05, 4.69) is 5.10 Å². The maximum Gasteiger partial charge on any atom is 0.335 e. The third-order valence-corrected chi connectivity index (χ3v) is 5.22. The zero-order chi connectivity index (χ0) is 23.1. The number of carbonyl (C=O) groups excluding carboxylic acids is 1. The summed E-state index contributed by atoms with van der Waals surface area (Å²) in [6.07, 6.45) is 2.78. The van der Waals surface area contributed by atoms with E-state index in [9.17, 15) is 9.59 Å². The molecule has 0 bridgehead atoms. The van der Waals surface area contributed by atoms with Gasteiger partial charge in [-0.05, 0) is 36.8 Å². The van der Waals surface area contributed by atoms with Crippen LogP contribution in [0.25, 0.3) is 0 Å². The largest absolute Gasteiger partial charge is 0.497 e. The monoisotopic (exact) mass is 476 g/mol. The second kappa shape index (κ2) is 11.0. The van der Waals surface area contributed by atoms with E-state index < -0.39 is 17.6 Å². The molecule has 3 rings (SSSR count). The van der Waals surface area contributed by atoms with Crippen molar-refractivity contribution in [2.45, 2.75) is 25.8 Å². The molecule has 168 valence electrons. The lowest BCUT2D eigenvalue weighted by molar-refractivity contribution is -0.146. The fourth-order valence-corrected chi connectivity index (χ4v) is 3.32. The number of benzene rings is 2. The van der Waals surface area contributed by atoms with Crippen LogP contribution in [0.2, 0.25) is 10.0 Å². The Labute approximate surface area is 195 Å². The molecule has 0 amide bonds. The fraction of sp³-hybridized carbons (Fsp3) is 0.261. The number of nitrogens with zero attached hydrogens (tertiary/aromatic N) is 2. The third kappa shape index (κ3) is 5.41. The number of hydrogen-bond acceptors (Lipinski definition) is 6. The van der Waals surface area contributed by atoms with Crippen molar-refractivity contribution in [3.05, 3.63) is 80.7 Å². The Morgan fingerprint density at radius 1 is 1.06 bits per heavy atom. The van der Waals surface area contributed by atoms with Gasteiger partial charge in [0.25, 0.3) is 0 Å². The standard InChI is InChI=1S/C23H22Cl2N2O5/c1-3-4-13-31-23(29)20(17-7-5-6-8-18(17)24)27-22(28)21(19(25)14-26-27)32-16-11-9-15(30-2)10-12-16/h5-12,14,20H,3-4,13H2,1-2H3. The van der Waals surface area contributed by atoms with Crippen molar-refractivity contribution < 1.29 is 19.0 Å². The van der Waals surface area contributed by atoms with Crippen molar-refractivity contribution in [2.75, 3.05) is 13.7 Å². The van der Waals surface area contributed by atoms with E-state index in [1.165, 1.54) is 6.20 Å². The highest BCUT2D eigenvalue weighted by atomic mass is 35.5. The molecule has 1 heterocycles. The van der Waals surface area contributed by atoms with Crippen molar-refractivity contribution in [1.82, 2.24) is 9.78 Å². The Balaban J connectivity index is 2.04. The van der Waals surface area contributed by atoms with Crippen LogP contribution in [0.15, 0.2) is 59.5 Å². The third-order valence-electron chi connectivity index (χ3n) is 4.60. The SMILES string of the molecule is CCCCOC(=O)C(c1ccccc1Cl)n1ncc(Cl)c(Oc2ccc(OC)cc2)c1=O. The minimum absolute atomic E-state index is 0.000623. The van der Waals surface area contributed by atoms with Gasteiger partial charge in [-0.2, -0.15) is 5.10 Å². The molecular weight excluding hydrogens is 455 g/mol. The number of carbonyl (C=O) groups is 1. The van der Waals surface area contributed by atoms with Gasteiger partial charge < -0.3 is 14.2 Å². The first kappa shape index (κ1) is 23.6. The quantitative estimate of drug-likeness (QED) is 0.308. The lowest BCUT2D eigenvalue weighted by atomic mass is 10.1. The Morgan fingerprint density at radius 3 is 2.41 bits per heavy atom. The van der Waals surface area contributed by atoms with Gasteiger partial charge >= 0.3 is 11.5 Å². The maximum atomic E-state index is 13.3. The summed E-state index contributed by atoms with van der Waals surface area (Å²) < 4.78 is 17.2. The van der Waals surface area contributed by atoms with Crippen molar-refractivity contribution in [3.63, 3.8) is 0 Å². The summed E-state index contributed by atoms with van der Waals surface area (Å²) >= 11 is 12.5. The van der Waals surface area contributed by atoms with Gasteiger partial charge in [0, 0.05) is 10.6 Å². The molecule has 0 radical (unpaired) electrons. The first-order chi connectivity index (χ1) is 15.5. The summed E-state index contributed by atoms with van der Waals surface area (Å²) in [4.78, 5) is 26.3. The van der Waals surface area contributed by atoms with Crippen LogP contribution < -0.4 is 15.0 Å². The average Bonchev–Trinajstić information content (AvgIpc) is 2.80. The van der Waals surface area contributed by atoms with Crippen LogP contribution in [0.4, 0.5) is 0 Å². The number of hydrogen-bond donors (Lipinski definition) is 0. The molecule has 0 aliphatic carbocycles. The van der Waals surface area contributed by atoms with Gasteiger partial charge in [0.2, 0.25) is 5.75 Å². The van der Waals surface area contributed by atoms with E-state index in [1.807, 2.05) is 6.92 Å². The number of methoxy groups -OCH3 is 1. The number of ether oxygens (including phenoxy) is 3. The molecule has 9 heteroatoms. The first-order valence-corrected chi connectivity index (χ1v) is 10.7. The van der Waals surface area contributed by atoms with Gasteiger partial charge in [-0.15, -0.1) is 0 Å². The van der Waals surface area contributed by atoms with Gasteiger partial charge in [0.1, 0.15) is 16.5 Å². The molecule has 0 saturated carbocycles. The minimum Gasteiger partial charge on any atom is -0.497 e. The molecule has 1 unspecified atom stereocenters. The summed E-state index contributed by atoms with van der Waals surface area (Å²) in [5, 5.41) is 4.38. The number of aromatic nitrogens is 2. The smallest absolute Gasteiger partial charge is 0.335 e. The van der Waals surface area contributed by atoms with Gasteiger partial charge in [0.05, 0.1) is 19.9 Å². The number of unbranched alkanes of at least 4 members (excludes halogenated alkanes) is 1. The Hall–Kier alpha value is -3.03. The molecule has 2 aromatic carbocycles. The second-order valence-corrected chi connectivity index (χ2v) is 7.61. The molecule has 7 nitrogen and oxygen atoms in total. The molecule has 32 heavy (non-hydrogen) atoms. The molecule has 0 N–H and O–H groups in total.